The lowest BCUT2D eigenvalue weighted by molar-refractivity contribution is -0.123. The zero-order chi connectivity index (χ0) is 12.5. The van der Waals surface area contributed by atoms with Gasteiger partial charge in [0.25, 0.3) is 0 Å². The minimum atomic E-state index is -0.261. The number of hydrogen-bond donors (Lipinski definition) is 2. The molecule has 0 aromatic carbocycles. The molecule has 0 saturated heterocycles. The van der Waals surface area contributed by atoms with Crippen LogP contribution in [0.3, 0.4) is 0 Å². The maximum atomic E-state index is 11.8. The quantitative estimate of drug-likeness (QED) is 0.840. The van der Waals surface area contributed by atoms with Gasteiger partial charge in [0.15, 0.2) is 0 Å². The molecular weight excluding hydrogens is 216 g/mol. The highest BCUT2D eigenvalue weighted by Crippen LogP contribution is 2.32. The Hall–Kier alpha value is -1.29. The van der Waals surface area contributed by atoms with Crippen LogP contribution >= 0.6 is 0 Å². The van der Waals surface area contributed by atoms with Crippen LogP contribution in [-0.2, 0) is 4.79 Å². The number of amides is 1. The highest BCUT2D eigenvalue weighted by molar-refractivity contribution is 5.77. The van der Waals surface area contributed by atoms with E-state index in [1.807, 2.05) is 26.0 Å². The third-order valence-electron chi connectivity index (χ3n) is 3.43. The predicted octanol–water partition coefficient (Wildman–Crippen LogP) is 2.04. The summed E-state index contributed by atoms with van der Waals surface area (Å²) < 4.78 is 5.47. The Morgan fingerprint density at radius 3 is 2.76 bits per heavy atom. The fraction of sp³-hybridized carbons (Fsp3) is 0.615. The number of rotatable bonds is 4. The number of aryl methyl sites for hydroxylation is 1. The Balaban J connectivity index is 1.86. The first-order chi connectivity index (χ1) is 7.98. The van der Waals surface area contributed by atoms with Crippen LogP contribution in [0.15, 0.2) is 16.5 Å². The Morgan fingerprint density at radius 2 is 2.29 bits per heavy atom. The van der Waals surface area contributed by atoms with Crippen molar-refractivity contribution in [3.05, 3.63) is 23.7 Å². The van der Waals surface area contributed by atoms with Crippen LogP contribution < -0.4 is 11.1 Å². The van der Waals surface area contributed by atoms with Crippen molar-refractivity contribution in [2.45, 2.75) is 51.1 Å². The molecule has 17 heavy (non-hydrogen) atoms. The standard InChI is InChI=1S/C13H20N2O2/c1-9-4-5-11(17-9)10(2)15-12(16)8-13(14)6-3-7-13/h4-5,10H,3,6-8,14H2,1-2H3,(H,15,16). The van der Waals surface area contributed by atoms with Crippen LogP contribution in [0.1, 0.15) is 50.2 Å². The number of nitrogens with two attached hydrogens (primary N) is 1. The molecule has 94 valence electrons. The second kappa shape index (κ2) is 4.53. The van der Waals surface area contributed by atoms with Gasteiger partial charge < -0.3 is 15.5 Å². The van der Waals surface area contributed by atoms with Crippen molar-refractivity contribution in [2.24, 2.45) is 5.73 Å². The predicted molar refractivity (Wildman–Crippen MR) is 65.4 cm³/mol. The van der Waals surface area contributed by atoms with E-state index in [1.165, 1.54) is 0 Å². The van der Waals surface area contributed by atoms with Crippen molar-refractivity contribution in [3.63, 3.8) is 0 Å². The lowest BCUT2D eigenvalue weighted by atomic mass is 9.75. The second-order valence-electron chi connectivity index (χ2n) is 5.13. The monoisotopic (exact) mass is 236 g/mol. The van der Waals surface area contributed by atoms with Gasteiger partial charge in [-0.2, -0.15) is 0 Å². The zero-order valence-corrected chi connectivity index (χ0v) is 10.5. The number of furan rings is 1. The SMILES string of the molecule is Cc1ccc(C(C)NC(=O)CC2(N)CCC2)o1. The molecule has 4 nitrogen and oxygen atoms in total. The van der Waals surface area contributed by atoms with Crippen LogP contribution in [0, 0.1) is 6.92 Å². The summed E-state index contributed by atoms with van der Waals surface area (Å²) in [5.74, 6) is 1.65. The van der Waals surface area contributed by atoms with Gasteiger partial charge >= 0.3 is 0 Å². The minimum absolute atomic E-state index is 0.00810. The van der Waals surface area contributed by atoms with Crippen molar-refractivity contribution in [3.8, 4) is 0 Å². The van der Waals surface area contributed by atoms with Crippen LogP contribution in [0.4, 0.5) is 0 Å². The van der Waals surface area contributed by atoms with E-state index in [0.29, 0.717) is 6.42 Å². The van der Waals surface area contributed by atoms with Crippen molar-refractivity contribution in [1.29, 1.82) is 0 Å². The van der Waals surface area contributed by atoms with Crippen LogP contribution in [-0.4, -0.2) is 11.4 Å². The van der Waals surface area contributed by atoms with E-state index in [1.54, 1.807) is 0 Å². The molecule has 0 spiro atoms. The number of nitrogens with one attached hydrogen (secondary N) is 1. The summed E-state index contributed by atoms with van der Waals surface area (Å²) in [4.78, 5) is 11.8. The van der Waals surface area contributed by atoms with E-state index in [9.17, 15) is 4.79 Å². The number of carbonyl (C=O) groups is 1. The molecule has 1 aliphatic rings. The molecule has 0 radical (unpaired) electrons. The molecule has 1 heterocycles. The van der Waals surface area contributed by atoms with Gasteiger partial charge in [-0.25, -0.2) is 0 Å². The molecule has 1 atom stereocenters. The normalized spacial score (nSPS) is 19.5. The average Bonchev–Trinajstić information content (AvgIpc) is 2.62. The molecule has 0 aliphatic heterocycles. The third-order valence-corrected chi connectivity index (χ3v) is 3.43. The van der Waals surface area contributed by atoms with Gasteiger partial charge in [0.05, 0.1) is 6.04 Å². The topological polar surface area (TPSA) is 68.3 Å². The summed E-state index contributed by atoms with van der Waals surface area (Å²) in [7, 11) is 0. The van der Waals surface area contributed by atoms with Gasteiger partial charge in [0.2, 0.25) is 5.91 Å². The second-order valence-corrected chi connectivity index (χ2v) is 5.13. The fourth-order valence-electron chi connectivity index (χ4n) is 2.18. The molecular formula is C13H20N2O2. The van der Waals surface area contributed by atoms with E-state index in [0.717, 1.165) is 30.8 Å². The molecule has 0 bridgehead atoms. The number of carbonyl (C=O) groups excluding carboxylic acids is 1. The first kappa shape index (κ1) is 12.2. The van der Waals surface area contributed by atoms with Crippen molar-refractivity contribution in [1.82, 2.24) is 5.32 Å². The summed E-state index contributed by atoms with van der Waals surface area (Å²) in [6, 6.07) is 3.69. The van der Waals surface area contributed by atoms with Gasteiger partial charge in [-0.15, -0.1) is 0 Å². The molecule has 4 heteroatoms. The summed E-state index contributed by atoms with van der Waals surface area (Å²) in [5, 5.41) is 2.92. The molecule has 3 N–H and O–H groups in total. The Labute approximate surface area is 102 Å². The summed E-state index contributed by atoms with van der Waals surface area (Å²) >= 11 is 0. The van der Waals surface area contributed by atoms with E-state index >= 15 is 0 Å². The van der Waals surface area contributed by atoms with E-state index in [2.05, 4.69) is 5.32 Å². The Morgan fingerprint density at radius 1 is 1.59 bits per heavy atom. The van der Waals surface area contributed by atoms with Crippen molar-refractivity contribution < 1.29 is 9.21 Å². The summed E-state index contributed by atoms with van der Waals surface area (Å²) in [6.45, 7) is 3.81. The number of hydrogen-bond acceptors (Lipinski definition) is 3. The minimum Gasteiger partial charge on any atom is -0.464 e. The van der Waals surface area contributed by atoms with Crippen LogP contribution in [0.2, 0.25) is 0 Å². The first-order valence-electron chi connectivity index (χ1n) is 6.13. The lowest BCUT2D eigenvalue weighted by Crippen LogP contribution is -2.50. The fourth-order valence-corrected chi connectivity index (χ4v) is 2.18. The lowest BCUT2D eigenvalue weighted by Gasteiger charge is -2.37. The maximum absolute atomic E-state index is 11.8. The molecule has 1 amide bonds. The zero-order valence-electron chi connectivity index (χ0n) is 10.5. The van der Waals surface area contributed by atoms with E-state index < -0.39 is 0 Å². The largest absolute Gasteiger partial charge is 0.464 e. The van der Waals surface area contributed by atoms with Gasteiger partial charge in [-0.3, -0.25) is 4.79 Å². The molecule has 1 aromatic rings. The molecule has 2 rings (SSSR count). The highest BCUT2D eigenvalue weighted by Gasteiger charge is 2.34. The van der Waals surface area contributed by atoms with Gasteiger partial charge in [0, 0.05) is 12.0 Å². The van der Waals surface area contributed by atoms with Crippen molar-refractivity contribution >= 4 is 5.91 Å². The highest BCUT2D eigenvalue weighted by atomic mass is 16.3. The first-order valence-corrected chi connectivity index (χ1v) is 6.13. The Bertz CT molecular complexity index is 407. The molecule has 1 fully saturated rings. The van der Waals surface area contributed by atoms with E-state index in [4.69, 9.17) is 10.2 Å². The third kappa shape index (κ3) is 2.88. The van der Waals surface area contributed by atoms with Crippen LogP contribution in [0.5, 0.6) is 0 Å². The van der Waals surface area contributed by atoms with Gasteiger partial charge in [-0.1, -0.05) is 0 Å². The maximum Gasteiger partial charge on any atom is 0.222 e. The van der Waals surface area contributed by atoms with Gasteiger partial charge in [-0.05, 0) is 45.2 Å². The molecule has 1 unspecified atom stereocenters. The van der Waals surface area contributed by atoms with Crippen LogP contribution in [0.25, 0.3) is 0 Å². The van der Waals surface area contributed by atoms with Gasteiger partial charge in [0.1, 0.15) is 11.5 Å². The summed E-state index contributed by atoms with van der Waals surface area (Å²) in [5.41, 5.74) is 5.78. The molecule has 1 saturated carbocycles. The van der Waals surface area contributed by atoms with E-state index in [-0.39, 0.29) is 17.5 Å². The van der Waals surface area contributed by atoms with Crippen molar-refractivity contribution in [2.75, 3.05) is 0 Å². The Kier molecular flexibility index (Phi) is 3.24. The average molecular weight is 236 g/mol. The molecule has 1 aromatic heterocycles. The summed E-state index contributed by atoms with van der Waals surface area (Å²) in [6.07, 6.45) is 3.46. The smallest absolute Gasteiger partial charge is 0.222 e. The molecule has 1 aliphatic carbocycles.